The molecular formula is C21H31ClN2O. The highest BCUT2D eigenvalue weighted by molar-refractivity contribution is 6.25. The maximum atomic E-state index is 5.90. The number of hydrogen-bond donors (Lipinski definition) is 0. The Labute approximate surface area is 157 Å². The van der Waals surface area contributed by atoms with E-state index in [0.29, 0.717) is 23.9 Å². The predicted molar refractivity (Wildman–Crippen MR) is 103 cm³/mol. The monoisotopic (exact) mass is 362 g/mol. The molecule has 0 bridgehead atoms. The van der Waals surface area contributed by atoms with Gasteiger partial charge in [0.05, 0.1) is 6.10 Å². The number of allylic oxidation sites excluding steroid dienone is 1. The van der Waals surface area contributed by atoms with Crippen molar-refractivity contribution >= 4 is 11.6 Å². The minimum atomic E-state index is 0.466. The molecule has 138 valence electrons. The number of rotatable bonds is 6. The molecule has 3 rings (SSSR count). The molecule has 1 heterocycles. The summed E-state index contributed by atoms with van der Waals surface area (Å²) in [5, 5.41) is 0. The van der Waals surface area contributed by atoms with Gasteiger partial charge >= 0.3 is 0 Å². The first-order valence-corrected chi connectivity index (χ1v) is 10.4. The Balaban J connectivity index is 1.50. The molecule has 0 saturated heterocycles. The van der Waals surface area contributed by atoms with Crippen molar-refractivity contribution < 1.29 is 4.74 Å². The molecule has 25 heavy (non-hydrogen) atoms. The van der Waals surface area contributed by atoms with Crippen LogP contribution in [0.15, 0.2) is 24.0 Å². The molecule has 4 heteroatoms. The lowest BCUT2D eigenvalue weighted by Crippen LogP contribution is -2.21. The van der Waals surface area contributed by atoms with Crippen LogP contribution >= 0.6 is 11.6 Å². The van der Waals surface area contributed by atoms with E-state index in [-0.39, 0.29) is 0 Å². The number of ether oxygens (including phenoxy) is 1. The summed E-state index contributed by atoms with van der Waals surface area (Å²) in [4.78, 5) is 9.46. The third-order valence-electron chi connectivity index (χ3n) is 5.88. The number of hydrogen-bond acceptors (Lipinski definition) is 3. The Hall–Kier alpha value is -0.930. The van der Waals surface area contributed by atoms with Crippen LogP contribution in [-0.4, -0.2) is 22.7 Å². The first kappa shape index (κ1) is 18.8. The predicted octanol–water partition coefficient (Wildman–Crippen LogP) is 5.96. The second-order valence-corrected chi connectivity index (χ2v) is 7.90. The average molecular weight is 363 g/mol. The fourth-order valence-corrected chi connectivity index (χ4v) is 4.50. The van der Waals surface area contributed by atoms with Gasteiger partial charge in [-0.1, -0.05) is 24.6 Å². The Morgan fingerprint density at radius 2 is 1.64 bits per heavy atom. The summed E-state index contributed by atoms with van der Waals surface area (Å²) in [6.07, 6.45) is 17.4. The molecule has 0 N–H and O–H groups in total. The van der Waals surface area contributed by atoms with Gasteiger partial charge in [-0.15, -0.1) is 0 Å². The van der Waals surface area contributed by atoms with Crippen molar-refractivity contribution in [1.82, 2.24) is 9.97 Å². The molecular weight excluding hydrogens is 332 g/mol. The average Bonchev–Trinajstić information content (AvgIpc) is 2.68. The Bertz CT molecular complexity index is 529. The van der Waals surface area contributed by atoms with Crippen LogP contribution in [0.3, 0.4) is 0 Å². The van der Waals surface area contributed by atoms with Crippen LogP contribution in [0.2, 0.25) is 0 Å². The van der Waals surface area contributed by atoms with Crippen LogP contribution in [-0.2, 0) is 4.74 Å². The summed E-state index contributed by atoms with van der Waals surface area (Å²) in [6.45, 7) is 3.07. The van der Waals surface area contributed by atoms with Crippen LogP contribution in [0, 0.1) is 5.92 Å². The number of aromatic nitrogens is 2. The highest BCUT2D eigenvalue weighted by Gasteiger charge is 2.25. The van der Waals surface area contributed by atoms with Gasteiger partial charge < -0.3 is 4.74 Å². The lowest BCUT2D eigenvalue weighted by Gasteiger charge is -2.29. The van der Waals surface area contributed by atoms with E-state index in [2.05, 4.69) is 25.4 Å². The van der Waals surface area contributed by atoms with E-state index in [1.807, 2.05) is 0 Å². The largest absolute Gasteiger partial charge is 0.378 e. The van der Waals surface area contributed by atoms with E-state index in [4.69, 9.17) is 26.3 Å². The highest BCUT2D eigenvalue weighted by atomic mass is 35.5. The normalized spacial score (nSPS) is 30.6. The van der Waals surface area contributed by atoms with Gasteiger partial charge in [0.2, 0.25) is 0 Å². The molecule has 0 aromatic carbocycles. The van der Waals surface area contributed by atoms with Gasteiger partial charge in [0.15, 0.2) is 0 Å². The van der Waals surface area contributed by atoms with Crippen LogP contribution in [0.25, 0.3) is 0 Å². The van der Waals surface area contributed by atoms with Crippen molar-refractivity contribution in [2.75, 3.05) is 6.61 Å². The topological polar surface area (TPSA) is 35.0 Å². The van der Waals surface area contributed by atoms with E-state index in [1.165, 1.54) is 56.9 Å². The summed E-state index contributed by atoms with van der Waals surface area (Å²) in [6, 6.07) is 0. The molecule has 0 radical (unpaired) electrons. The fraction of sp³-hybridized carbons (Fsp3) is 0.714. The molecule has 1 aromatic rings. The smallest absolute Gasteiger partial charge is 0.131 e. The fourth-order valence-electron chi connectivity index (χ4n) is 4.29. The van der Waals surface area contributed by atoms with Crippen molar-refractivity contribution in [3.05, 3.63) is 35.4 Å². The van der Waals surface area contributed by atoms with Crippen molar-refractivity contribution in [3.63, 3.8) is 0 Å². The van der Waals surface area contributed by atoms with Crippen molar-refractivity contribution in [2.24, 2.45) is 5.92 Å². The second-order valence-electron chi connectivity index (χ2n) is 7.65. The zero-order valence-electron chi connectivity index (χ0n) is 15.4. The number of halogens is 1. The van der Waals surface area contributed by atoms with E-state index in [9.17, 15) is 0 Å². The Morgan fingerprint density at radius 3 is 2.24 bits per heavy atom. The van der Waals surface area contributed by atoms with Gasteiger partial charge in [0, 0.05) is 30.5 Å². The molecule has 0 unspecified atom stereocenters. The quantitative estimate of drug-likeness (QED) is 0.626. The Kier molecular flexibility index (Phi) is 7.30. The lowest BCUT2D eigenvalue weighted by atomic mass is 9.81. The summed E-state index contributed by atoms with van der Waals surface area (Å²) >= 11 is 5.70. The summed E-state index contributed by atoms with van der Waals surface area (Å²) < 4.78 is 5.90. The lowest BCUT2D eigenvalue weighted by molar-refractivity contribution is 0.0251. The van der Waals surface area contributed by atoms with Gasteiger partial charge in [0.25, 0.3) is 0 Å². The van der Waals surface area contributed by atoms with Crippen LogP contribution in [0.1, 0.15) is 87.9 Å². The van der Waals surface area contributed by atoms with Crippen molar-refractivity contribution in [3.8, 4) is 0 Å². The summed E-state index contributed by atoms with van der Waals surface area (Å²) in [7, 11) is 0. The molecule has 0 atom stereocenters. The van der Waals surface area contributed by atoms with Gasteiger partial charge in [-0.25, -0.2) is 9.97 Å². The zero-order chi connectivity index (χ0) is 17.5. The summed E-state index contributed by atoms with van der Waals surface area (Å²) in [5.41, 5.74) is 2.98. The van der Waals surface area contributed by atoms with Crippen LogP contribution in [0.5, 0.6) is 0 Å². The van der Waals surface area contributed by atoms with E-state index < -0.39 is 0 Å². The van der Waals surface area contributed by atoms with Gasteiger partial charge in [0.1, 0.15) is 5.82 Å². The molecule has 0 amide bonds. The molecule has 0 aliphatic heterocycles. The maximum Gasteiger partial charge on any atom is 0.131 e. The first-order chi connectivity index (χ1) is 12.3. The third-order valence-corrected chi connectivity index (χ3v) is 6.02. The van der Waals surface area contributed by atoms with Crippen molar-refractivity contribution in [1.29, 1.82) is 0 Å². The molecule has 2 aliphatic rings. The van der Waals surface area contributed by atoms with Crippen LogP contribution in [0.4, 0.5) is 0 Å². The highest BCUT2D eigenvalue weighted by Crippen LogP contribution is 2.36. The van der Waals surface area contributed by atoms with Crippen LogP contribution < -0.4 is 0 Å². The molecule has 2 fully saturated rings. The maximum absolute atomic E-state index is 5.90. The first-order valence-electron chi connectivity index (χ1n) is 10.0. The summed E-state index contributed by atoms with van der Waals surface area (Å²) in [5.74, 6) is 2.81. The van der Waals surface area contributed by atoms with E-state index in [1.54, 1.807) is 5.54 Å². The molecule has 3 nitrogen and oxygen atoms in total. The standard InChI is InChI=1S/C21H31ClN2O/c1-2-13-25-20-9-7-17(8-10-20)19-14-23-21(24-15-19)18-5-3-16(4-6-18)11-12-22/h11-12,14-18,20H,2-10,13H2,1H3/b12-11+/t16-,17-,18-,20-. The minimum absolute atomic E-state index is 0.466. The molecule has 1 aromatic heterocycles. The molecule has 2 aliphatic carbocycles. The molecule has 2 saturated carbocycles. The zero-order valence-corrected chi connectivity index (χ0v) is 16.1. The molecule has 0 spiro atoms. The minimum Gasteiger partial charge on any atom is -0.378 e. The number of nitrogens with zero attached hydrogens (tertiary/aromatic N) is 2. The second kappa shape index (κ2) is 9.68. The third kappa shape index (κ3) is 5.27. The van der Waals surface area contributed by atoms with E-state index >= 15 is 0 Å². The van der Waals surface area contributed by atoms with Gasteiger partial charge in [-0.2, -0.15) is 0 Å². The Morgan fingerprint density at radius 1 is 1.00 bits per heavy atom. The van der Waals surface area contributed by atoms with Gasteiger partial charge in [-0.05, 0) is 75.2 Å². The van der Waals surface area contributed by atoms with Crippen molar-refractivity contribution in [2.45, 2.75) is 82.7 Å². The SMILES string of the molecule is CCCO[C@H]1CC[C@H](c2cnc([C@H]3CC[C@H](/C=C/Cl)CC3)nc2)CC1. The van der Waals surface area contributed by atoms with E-state index in [0.717, 1.165) is 18.9 Å². The van der Waals surface area contributed by atoms with Gasteiger partial charge in [-0.3, -0.25) is 0 Å².